The van der Waals surface area contributed by atoms with E-state index in [1.807, 2.05) is 61.5 Å². The lowest BCUT2D eigenvalue weighted by Gasteiger charge is -2.11. The van der Waals surface area contributed by atoms with Crippen molar-refractivity contribution in [1.29, 1.82) is 0 Å². The molecule has 31 heavy (non-hydrogen) atoms. The van der Waals surface area contributed by atoms with Gasteiger partial charge in [-0.25, -0.2) is 5.43 Å². The first-order valence-electron chi connectivity index (χ1n) is 10.8. The summed E-state index contributed by atoms with van der Waals surface area (Å²) in [5.74, 6) is 1.13. The molecule has 0 radical (unpaired) electrons. The minimum Gasteiger partial charge on any atom is -0.493 e. The molecule has 0 atom stereocenters. The first-order chi connectivity index (χ1) is 15.1. The van der Waals surface area contributed by atoms with Crippen molar-refractivity contribution in [2.75, 3.05) is 13.7 Å². The van der Waals surface area contributed by atoms with Crippen molar-refractivity contribution in [1.82, 2.24) is 5.43 Å². The SMILES string of the molecule is CCCCCCOc1ccc(/C=N\NC(=O)c2c(C)ccc3ccccc23)cc1OC. The van der Waals surface area contributed by atoms with E-state index in [2.05, 4.69) is 17.5 Å². The van der Waals surface area contributed by atoms with Crippen LogP contribution in [0.2, 0.25) is 0 Å². The van der Waals surface area contributed by atoms with Crippen LogP contribution in [0, 0.1) is 6.92 Å². The van der Waals surface area contributed by atoms with Gasteiger partial charge < -0.3 is 9.47 Å². The van der Waals surface area contributed by atoms with E-state index in [4.69, 9.17) is 9.47 Å². The second-order valence-electron chi connectivity index (χ2n) is 7.50. The van der Waals surface area contributed by atoms with Crippen LogP contribution < -0.4 is 14.9 Å². The third-order valence-corrected chi connectivity index (χ3v) is 5.19. The first kappa shape index (κ1) is 22.3. The molecule has 0 aromatic heterocycles. The fourth-order valence-electron chi connectivity index (χ4n) is 3.50. The van der Waals surface area contributed by atoms with E-state index in [-0.39, 0.29) is 5.91 Å². The molecule has 5 heteroatoms. The van der Waals surface area contributed by atoms with Gasteiger partial charge in [-0.2, -0.15) is 5.10 Å². The van der Waals surface area contributed by atoms with Gasteiger partial charge in [0.05, 0.1) is 25.5 Å². The zero-order valence-corrected chi connectivity index (χ0v) is 18.5. The highest BCUT2D eigenvalue weighted by atomic mass is 16.5. The second kappa shape index (κ2) is 11.2. The van der Waals surface area contributed by atoms with Gasteiger partial charge in [-0.1, -0.05) is 62.6 Å². The van der Waals surface area contributed by atoms with E-state index in [1.54, 1.807) is 13.3 Å². The van der Waals surface area contributed by atoms with Crippen LogP contribution in [-0.4, -0.2) is 25.8 Å². The Morgan fingerprint density at radius 1 is 1.03 bits per heavy atom. The monoisotopic (exact) mass is 418 g/mol. The van der Waals surface area contributed by atoms with Crippen LogP contribution in [0.1, 0.15) is 54.1 Å². The van der Waals surface area contributed by atoms with Gasteiger partial charge in [0, 0.05) is 0 Å². The fourth-order valence-corrected chi connectivity index (χ4v) is 3.50. The Morgan fingerprint density at radius 3 is 2.68 bits per heavy atom. The molecule has 0 unspecified atom stereocenters. The number of hydrogen-bond donors (Lipinski definition) is 1. The van der Waals surface area contributed by atoms with E-state index < -0.39 is 0 Å². The number of carbonyl (C=O) groups is 1. The quantitative estimate of drug-likeness (QED) is 0.254. The third-order valence-electron chi connectivity index (χ3n) is 5.19. The molecule has 0 saturated carbocycles. The summed E-state index contributed by atoms with van der Waals surface area (Å²) in [5.41, 5.74) is 5.00. The standard InChI is InChI=1S/C26H30N2O3/c1-4-5-6-9-16-31-23-15-13-20(17-24(23)30-3)18-27-28-26(29)25-19(2)12-14-21-10-7-8-11-22(21)25/h7-8,10-15,17-18H,4-6,9,16H2,1-3H3,(H,28,29)/b27-18-. The van der Waals surface area contributed by atoms with Crippen LogP contribution in [0.4, 0.5) is 0 Å². The van der Waals surface area contributed by atoms with Gasteiger partial charge >= 0.3 is 0 Å². The number of nitrogens with one attached hydrogen (secondary N) is 1. The molecule has 1 N–H and O–H groups in total. The van der Waals surface area contributed by atoms with E-state index >= 15 is 0 Å². The Balaban J connectivity index is 1.66. The number of rotatable bonds is 10. The number of aryl methyl sites for hydroxylation is 1. The van der Waals surface area contributed by atoms with Gasteiger partial charge in [-0.3, -0.25) is 4.79 Å². The maximum atomic E-state index is 12.8. The summed E-state index contributed by atoms with van der Waals surface area (Å²) in [5, 5.41) is 6.09. The number of amides is 1. The number of benzene rings is 3. The van der Waals surface area contributed by atoms with E-state index in [1.165, 1.54) is 19.3 Å². The summed E-state index contributed by atoms with van der Waals surface area (Å²) in [4.78, 5) is 12.8. The topological polar surface area (TPSA) is 59.9 Å². The van der Waals surface area contributed by atoms with Gasteiger partial charge in [0.2, 0.25) is 0 Å². The molecular formula is C26H30N2O3. The first-order valence-corrected chi connectivity index (χ1v) is 10.8. The minimum atomic E-state index is -0.232. The number of hydrogen-bond acceptors (Lipinski definition) is 4. The molecule has 3 aromatic carbocycles. The molecule has 5 nitrogen and oxygen atoms in total. The number of hydrazone groups is 1. The Kier molecular flexibility index (Phi) is 8.05. The number of unbranched alkanes of at least 4 members (excludes halogenated alkanes) is 3. The summed E-state index contributed by atoms with van der Waals surface area (Å²) in [6, 6.07) is 17.4. The van der Waals surface area contributed by atoms with Crippen LogP contribution >= 0.6 is 0 Å². The molecule has 3 aromatic rings. The van der Waals surface area contributed by atoms with Crippen molar-refractivity contribution < 1.29 is 14.3 Å². The van der Waals surface area contributed by atoms with Crippen molar-refractivity contribution in [3.63, 3.8) is 0 Å². The highest BCUT2D eigenvalue weighted by Gasteiger charge is 2.12. The highest BCUT2D eigenvalue weighted by molar-refractivity contribution is 6.08. The molecule has 0 saturated heterocycles. The Hall–Kier alpha value is -3.34. The summed E-state index contributed by atoms with van der Waals surface area (Å²) in [7, 11) is 1.62. The van der Waals surface area contributed by atoms with Crippen LogP contribution in [0.3, 0.4) is 0 Å². The van der Waals surface area contributed by atoms with Gasteiger partial charge in [0.15, 0.2) is 11.5 Å². The van der Waals surface area contributed by atoms with E-state index in [0.717, 1.165) is 28.3 Å². The lowest BCUT2D eigenvalue weighted by Crippen LogP contribution is -2.19. The molecule has 1 amide bonds. The Bertz CT molecular complexity index is 1060. The number of carbonyl (C=O) groups excluding carboxylic acids is 1. The molecule has 0 aliphatic rings. The van der Waals surface area contributed by atoms with Crippen LogP contribution in [-0.2, 0) is 0 Å². The number of nitrogens with zero attached hydrogens (tertiary/aromatic N) is 1. The second-order valence-corrected chi connectivity index (χ2v) is 7.50. The van der Waals surface area contributed by atoms with Gasteiger partial charge in [-0.15, -0.1) is 0 Å². The predicted octanol–water partition coefficient (Wildman–Crippen LogP) is 5.88. The lowest BCUT2D eigenvalue weighted by molar-refractivity contribution is 0.0956. The number of methoxy groups -OCH3 is 1. The van der Waals surface area contributed by atoms with Gasteiger partial charge in [0.25, 0.3) is 5.91 Å². The highest BCUT2D eigenvalue weighted by Crippen LogP contribution is 2.28. The zero-order chi connectivity index (χ0) is 22.1. The lowest BCUT2D eigenvalue weighted by atomic mass is 9.99. The van der Waals surface area contributed by atoms with Crippen molar-refractivity contribution in [3.8, 4) is 11.5 Å². The summed E-state index contributed by atoms with van der Waals surface area (Å²) in [6.45, 7) is 4.79. The molecule has 0 heterocycles. The van der Waals surface area contributed by atoms with Gasteiger partial charge in [0.1, 0.15) is 0 Å². The molecule has 0 spiro atoms. The Morgan fingerprint density at radius 2 is 1.87 bits per heavy atom. The van der Waals surface area contributed by atoms with Crippen molar-refractivity contribution in [3.05, 3.63) is 71.3 Å². The largest absolute Gasteiger partial charge is 0.493 e. The van der Waals surface area contributed by atoms with E-state index in [9.17, 15) is 4.79 Å². The summed E-state index contributed by atoms with van der Waals surface area (Å²) < 4.78 is 11.3. The van der Waals surface area contributed by atoms with Crippen LogP contribution in [0.25, 0.3) is 10.8 Å². The Labute approximate surface area is 184 Å². The normalized spacial score (nSPS) is 11.1. The molecular weight excluding hydrogens is 388 g/mol. The fraction of sp³-hybridized carbons (Fsp3) is 0.308. The van der Waals surface area contributed by atoms with E-state index in [0.29, 0.717) is 23.7 Å². The smallest absolute Gasteiger partial charge is 0.272 e. The average molecular weight is 419 g/mol. The van der Waals surface area contributed by atoms with Gasteiger partial charge in [-0.05, 0) is 53.4 Å². The third kappa shape index (κ3) is 5.85. The molecule has 3 rings (SSSR count). The van der Waals surface area contributed by atoms with Crippen molar-refractivity contribution in [2.24, 2.45) is 5.10 Å². The molecule has 0 fully saturated rings. The van der Waals surface area contributed by atoms with Crippen LogP contribution in [0.5, 0.6) is 11.5 Å². The number of fused-ring (bicyclic) bond motifs is 1. The number of ether oxygens (including phenoxy) is 2. The molecule has 162 valence electrons. The van der Waals surface area contributed by atoms with Crippen molar-refractivity contribution in [2.45, 2.75) is 39.5 Å². The van der Waals surface area contributed by atoms with Crippen molar-refractivity contribution >= 4 is 22.9 Å². The minimum absolute atomic E-state index is 0.232. The maximum absolute atomic E-state index is 12.8. The maximum Gasteiger partial charge on any atom is 0.272 e. The average Bonchev–Trinajstić information content (AvgIpc) is 2.79. The molecule has 0 aliphatic heterocycles. The molecule has 0 aliphatic carbocycles. The summed E-state index contributed by atoms with van der Waals surface area (Å²) in [6.07, 6.45) is 6.22. The zero-order valence-electron chi connectivity index (χ0n) is 18.5. The summed E-state index contributed by atoms with van der Waals surface area (Å²) >= 11 is 0. The molecule has 0 bridgehead atoms. The predicted molar refractivity (Wildman–Crippen MR) is 126 cm³/mol. The van der Waals surface area contributed by atoms with Crippen LogP contribution in [0.15, 0.2) is 59.7 Å².